The van der Waals surface area contributed by atoms with Crippen LogP contribution in [0, 0.1) is 0 Å². The summed E-state index contributed by atoms with van der Waals surface area (Å²) in [5.74, 6) is 1.68. The summed E-state index contributed by atoms with van der Waals surface area (Å²) in [6, 6.07) is 109. The van der Waals surface area contributed by atoms with Crippen molar-refractivity contribution in [2.24, 2.45) is 0 Å². The first kappa shape index (κ1) is 45.1. The summed E-state index contributed by atoms with van der Waals surface area (Å²) in [5, 5.41) is 15.0. The van der Waals surface area contributed by atoms with E-state index in [1.807, 2.05) is 0 Å². The van der Waals surface area contributed by atoms with Crippen molar-refractivity contribution in [3.05, 3.63) is 297 Å². The van der Waals surface area contributed by atoms with Crippen LogP contribution >= 0.6 is 0 Å². The van der Waals surface area contributed by atoms with Gasteiger partial charge in [0.15, 0.2) is 22.0 Å². The Balaban J connectivity index is 1.05. The van der Waals surface area contributed by atoms with Crippen LogP contribution < -0.4 is 41.5 Å². The molecule has 3 heterocycles. The lowest BCUT2D eigenvalue weighted by molar-refractivity contribution is 0.893. The van der Waals surface area contributed by atoms with Gasteiger partial charge in [-0.2, -0.15) is 15.0 Å². The maximum Gasteiger partial charge on any atom is 0.240 e. The third-order valence-electron chi connectivity index (χ3n) is 15.5. The molecule has 0 aliphatic carbocycles. The Morgan fingerprint density at radius 2 is 0.526 bits per heavy atom. The summed E-state index contributed by atoms with van der Waals surface area (Å²) >= 11 is 0. The fourth-order valence-electron chi connectivity index (χ4n) is 12.3. The minimum Gasteiger partial charge on any atom is -0.278 e. The van der Waals surface area contributed by atoms with E-state index >= 15 is 0 Å². The highest BCUT2D eigenvalue weighted by atomic mass is 28.3. The molecule has 0 radical (unpaired) electrons. The summed E-state index contributed by atoms with van der Waals surface area (Å²) in [6.07, 6.45) is 0. The molecule has 0 saturated heterocycles. The van der Waals surface area contributed by atoms with Crippen LogP contribution in [0.5, 0.6) is 0 Å². The van der Waals surface area contributed by atoms with Gasteiger partial charge in [0.2, 0.25) is 11.9 Å². The van der Waals surface area contributed by atoms with Gasteiger partial charge in [-0.3, -0.25) is 9.13 Å². The largest absolute Gasteiger partial charge is 0.278 e. The summed E-state index contributed by atoms with van der Waals surface area (Å²) in [4.78, 5) is 16.8. The molecule has 3 aromatic heterocycles. The Labute approximate surface area is 443 Å². The van der Waals surface area contributed by atoms with Crippen molar-refractivity contribution in [1.29, 1.82) is 0 Å². The summed E-state index contributed by atoms with van der Waals surface area (Å²) in [6.45, 7) is 0. The third-order valence-corrected chi connectivity index (χ3v) is 25.0. The van der Waals surface area contributed by atoms with Gasteiger partial charge < -0.3 is 0 Å². The highest BCUT2D eigenvalue weighted by molar-refractivity contribution is 7.20. The molecule has 0 N–H and O–H groups in total. The molecule has 0 spiro atoms. The molecule has 0 unspecified atom stereocenters. The smallest absolute Gasteiger partial charge is 0.240 e. The number of nitrogens with zero attached hydrogens (tertiary/aromatic N) is 5. The van der Waals surface area contributed by atoms with Gasteiger partial charge in [0.05, 0.1) is 22.1 Å². The normalized spacial score (nSPS) is 11.9. The second kappa shape index (κ2) is 18.7. The molecule has 0 fully saturated rings. The van der Waals surface area contributed by atoms with E-state index < -0.39 is 16.1 Å². The lowest BCUT2D eigenvalue weighted by atomic mass is 10.1. The van der Waals surface area contributed by atoms with E-state index in [2.05, 4.69) is 306 Å². The molecule has 14 aromatic rings. The van der Waals surface area contributed by atoms with E-state index in [1.165, 1.54) is 41.5 Å². The summed E-state index contributed by atoms with van der Waals surface area (Å²) in [7, 11) is -5.79. The molecule has 358 valence electrons. The maximum absolute atomic E-state index is 5.62. The first-order valence-corrected chi connectivity index (χ1v) is 29.9. The third kappa shape index (κ3) is 7.16. The fourth-order valence-corrected chi connectivity index (χ4v) is 21.8. The van der Waals surface area contributed by atoms with Crippen molar-refractivity contribution in [3.63, 3.8) is 0 Å². The van der Waals surface area contributed by atoms with E-state index in [0.717, 1.165) is 49.2 Å². The minimum atomic E-state index is -2.92. The van der Waals surface area contributed by atoms with Gasteiger partial charge in [-0.25, -0.2) is 0 Å². The first-order valence-electron chi connectivity index (χ1n) is 25.9. The number of hydrogen-bond donors (Lipinski definition) is 0. The topological polar surface area (TPSA) is 48.5 Å². The van der Waals surface area contributed by atoms with E-state index in [4.69, 9.17) is 15.0 Å². The van der Waals surface area contributed by atoms with Crippen molar-refractivity contribution in [2.45, 2.75) is 0 Å². The number of para-hydroxylation sites is 3. The van der Waals surface area contributed by atoms with Crippen molar-refractivity contribution >= 4 is 101 Å². The number of fused-ring (bicyclic) bond motifs is 6. The Bertz CT molecular complexity index is 4150. The van der Waals surface area contributed by atoms with Gasteiger partial charge in [0, 0.05) is 27.1 Å². The van der Waals surface area contributed by atoms with Crippen LogP contribution in [0.2, 0.25) is 0 Å². The quantitative estimate of drug-likeness (QED) is 0.0958. The molecule has 0 aliphatic heterocycles. The lowest BCUT2D eigenvalue weighted by Crippen LogP contribution is -2.74. The van der Waals surface area contributed by atoms with Crippen LogP contribution in [0.15, 0.2) is 297 Å². The molecule has 0 aliphatic rings. The van der Waals surface area contributed by atoms with Crippen molar-refractivity contribution in [2.75, 3.05) is 0 Å². The Kier molecular flexibility index (Phi) is 11.1. The van der Waals surface area contributed by atoms with Gasteiger partial charge in [-0.15, -0.1) is 0 Å². The van der Waals surface area contributed by atoms with Gasteiger partial charge in [0.1, 0.15) is 0 Å². The molecular formula is C69H49N5Si2. The monoisotopic (exact) mass is 1000 g/mol. The predicted molar refractivity (Wildman–Crippen MR) is 321 cm³/mol. The Morgan fingerprint density at radius 3 is 0.908 bits per heavy atom. The zero-order valence-corrected chi connectivity index (χ0v) is 43.5. The van der Waals surface area contributed by atoms with Crippen LogP contribution in [-0.4, -0.2) is 40.2 Å². The molecule has 0 amide bonds. The molecule has 0 bridgehead atoms. The molecule has 7 heteroatoms. The molecule has 14 rings (SSSR count). The molecule has 76 heavy (non-hydrogen) atoms. The van der Waals surface area contributed by atoms with Crippen LogP contribution in [0.25, 0.3) is 66.9 Å². The van der Waals surface area contributed by atoms with Gasteiger partial charge in [0.25, 0.3) is 0 Å². The SMILES string of the molecule is c1ccc([Si](c2ccccc2)(c2ccccc2)c2cccc(-c3nc(-n4c5ccccc5c5ccccc54)nc(-n4c5ccccc5c5cc([Si](c6ccccc6)(c6ccccc6)c6ccccc6)ccc54)n3)c2)cc1. The fraction of sp³-hybridized carbons (Fsp3) is 0. The van der Waals surface area contributed by atoms with Crippen LogP contribution in [-0.2, 0) is 0 Å². The zero-order chi connectivity index (χ0) is 50.5. The average Bonchev–Trinajstić information content (AvgIpc) is 4.06. The van der Waals surface area contributed by atoms with E-state index in [9.17, 15) is 0 Å². The van der Waals surface area contributed by atoms with Gasteiger partial charge in [-0.1, -0.05) is 273 Å². The van der Waals surface area contributed by atoms with Crippen molar-refractivity contribution in [3.8, 4) is 23.3 Å². The van der Waals surface area contributed by atoms with Crippen molar-refractivity contribution < 1.29 is 0 Å². The predicted octanol–water partition coefficient (Wildman–Crippen LogP) is 10.5. The highest BCUT2D eigenvalue weighted by Crippen LogP contribution is 2.35. The standard InChI is InChI=1S/C69H49N5Si2/c1-7-27-51(28-8-1)75(52-29-9-2-10-30-52,53-31-11-3-12-32-53)57-39-25-26-50(48-57)67-70-68(73-63-43-22-19-40-59(63)60-41-20-23-44-64(60)73)72-69(71-67)74-65-45-24-21-42-61(65)62-49-58(46-47-66(62)74)76(54-33-13-4-14-34-54,55-35-15-5-16-36-55)56-37-17-6-18-38-56/h1-49H. The zero-order valence-electron chi connectivity index (χ0n) is 41.5. The van der Waals surface area contributed by atoms with E-state index in [0.29, 0.717) is 17.7 Å². The van der Waals surface area contributed by atoms with E-state index in [1.54, 1.807) is 0 Å². The maximum atomic E-state index is 5.62. The molecule has 5 nitrogen and oxygen atoms in total. The van der Waals surface area contributed by atoms with E-state index in [-0.39, 0.29) is 0 Å². The Morgan fingerprint density at radius 1 is 0.224 bits per heavy atom. The minimum absolute atomic E-state index is 0.543. The van der Waals surface area contributed by atoms with Gasteiger partial charge in [-0.05, 0) is 65.8 Å². The van der Waals surface area contributed by atoms with Crippen molar-refractivity contribution in [1.82, 2.24) is 24.1 Å². The molecule has 0 atom stereocenters. The van der Waals surface area contributed by atoms with Crippen LogP contribution in [0.1, 0.15) is 0 Å². The molecule has 0 saturated carbocycles. The second-order valence-corrected chi connectivity index (χ2v) is 27.1. The lowest BCUT2D eigenvalue weighted by Gasteiger charge is -2.34. The number of aromatic nitrogens is 5. The molecule has 11 aromatic carbocycles. The number of benzene rings is 11. The van der Waals surface area contributed by atoms with Crippen LogP contribution in [0.4, 0.5) is 0 Å². The number of rotatable bonds is 11. The Hall–Kier alpha value is -9.54. The second-order valence-electron chi connectivity index (χ2n) is 19.5. The highest BCUT2D eigenvalue weighted by Gasteiger charge is 2.43. The average molecular weight is 1000 g/mol. The summed E-state index contributed by atoms with van der Waals surface area (Å²) < 4.78 is 4.47. The van der Waals surface area contributed by atoms with Gasteiger partial charge >= 0.3 is 0 Å². The van der Waals surface area contributed by atoms with Crippen LogP contribution in [0.3, 0.4) is 0 Å². The number of hydrogen-bond acceptors (Lipinski definition) is 3. The first-order chi connectivity index (χ1) is 37.7. The molecular weight excluding hydrogens is 955 g/mol. The summed E-state index contributed by atoms with van der Waals surface area (Å²) in [5.41, 5.74) is 5.00.